The third-order valence-electron chi connectivity index (χ3n) is 4.86. The van der Waals surface area contributed by atoms with Crippen LogP contribution in [0.1, 0.15) is 17.8 Å². The van der Waals surface area contributed by atoms with Crippen LogP contribution < -0.4 is 14.2 Å². The van der Waals surface area contributed by atoms with E-state index in [1.54, 1.807) is 4.90 Å². The molecule has 1 atom stereocenters. The van der Waals surface area contributed by atoms with E-state index in [4.69, 9.17) is 18.9 Å². The highest BCUT2D eigenvalue weighted by atomic mass is 19.4. The summed E-state index contributed by atoms with van der Waals surface area (Å²) in [5, 5.41) is 0. The molecular formula is C20H20F3N3O5. The van der Waals surface area contributed by atoms with E-state index in [0.29, 0.717) is 37.5 Å². The Morgan fingerprint density at radius 3 is 2.90 bits per heavy atom. The normalized spacial score (nSPS) is 18.2. The van der Waals surface area contributed by atoms with Gasteiger partial charge in [-0.2, -0.15) is 18.2 Å². The summed E-state index contributed by atoms with van der Waals surface area (Å²) in [4.78, 5) is 20.8. The Morgan fingerprint density at radius 1 is 1.23 bits per heavy atom. The number of rotatable bonds is 6. The number of aryl methyl sites for hydroxylation is 1. The maximum Gasteiger partial charge on any atom is 0.451 e. The van der Waals surface area contributed by atoms with Crippen LogP contribution in [0, 0.1) is 0 Å². The van der Waals surface area contributed by atoms with E-state index >= 15 is 0 Å². The molecule has 0 saturated carbocycles. The van der Waals surface area contributed by atoms with Crippen LogP contribution >= 0.6 is 0 Å². The van der Waals surface area contributed by atoms with Crippen LogP contribution in [-0.2, 0) is 22.1 Å². The van der Waals surface area contributed by atoms with Crippen LogP contribution in [-0.4, -0.2) is 60.0 Å². The van der Waals surface area contributed by atoms with Gasteiger partial charge >= 0.3 is 6.18 Å². The van der Waals surface area contributed by atoms with E-state index in [0.717, 1.165) is 11.8 Å². The molecule has 1 saturated heterocycles. The van der Waals surface area contributed by atoms with Gasteiger partial charge in [0, 0.05) is 25.2 Å². The maximum absolute atomic E-state index is 12.7. The van der Waals surface area contributed by atoms with E-state index in [1.807, 2.05) is 18.2 Å². The van der Waals surface area contributed by atoms with Crippen LogP contribution in [0.4, 0.5) is 13.2 Å². The van der Waals surface area contributed by atoms with Crippen LogP contribution in [0.25, 0.3) is 0 Å². The second-order valence-electron chi connectivity index (χ2n) is 7.05. The fourth-order valence-electron chi connectivity index (χ4n) is 3.29. The number of carbonyl (C=O) groups is 1. The van der Waals surface area contributed by atoms with Crippen molar-refractivity contribution in [2.45, 2.75) is 25.1 Å². The van der Waals surface area contributed by atoms with Crippen molar-refractivity contribution in [3.05, 3.63) is 41.9 Å². The highest BCUT2D eigenvalue weighted by Gasteiger charge is 2.35. The van der Waals surface area contributed by atoms with Crippen LogP contribution in [0.3, 0.4) is 0 Å². The van der Waals surface area contributed by atoms with Crippen LogP contribution in [0.2, 0.25) is 0 Å². The number of alkyl halides is 3. The average Bonchev–Trinajstić information content (AvgIpc) is 3.24. The Bertz CT molecular complexity index is 941. The number of hydrogen-bond donors (Lipinski definition) is 0. The first-order valence-corrected chi connectivity index (χ1v) is 9.69. The largest absolute Gasteiger partial charge is 0.475 e. The van der Waals surface area contributed by atoms with Crippen molar-refractivity contribution in [3.8, 4) is 17.4 Å². The summed E-state index contributed by atoms with van der Waals surface area (Å²) in [7, 11) is 0. The Morgan fingerprint density at radius 2 is 2.06 bits per heavy atom. The molecule has 0 N–H and O–H groups in total. The smallest absolute Gasteiger partial charge is 0.451 e. The molecule has 1 unspecified atom stereocenters. The van der Waals surface area contributed by atoms with Gasteiger partial charge < -0.3 is 23.8 Å². The van der Waals surface area contributed by atoms with E-state index in [-0.39, 0.29) is 31.7 Å². The highest BCUT2D eigenvalue weighted by molar-refractivity contribution is 5.76. The number of ether oxygens (including phenoxy) is 4. The van der Waals surface area contributed by atoms with Crippen LogP contribution in [0.15, 0.2) is 30.5 Å². The summed E-state index contributed by atoms with van der Waals surface area (Å²) < 4.78 is 59.6. The molecule has 3 heterocycles. The van der Waals surface area contributed by atoms with Gasteiger partial charge in [-0.3, -0.25) is 4.79 Å². The van der Waals surface area contributed by atoms with Crippen molar-refractivity contribution >= 4 is 5.91 Å². The van der Waals surface area contributed by atoms with E-state index in [1.165, 1.54) is 6.07 Å². The number of halogens is 3. The minimum absolute atomic E-state index is 0.0275. The molecule has 1 aromatic carbocycles. The van der Waals surface area contributed by atoms with Gasteiger partial charge in [0.2, 0.25) is 24.4 Å². The lowest BCUT2D eigenvalue weighted by Crippen LogP contribution is -2.47. The molecule has 2 aromatic rings. The topological polar surface area (TPSA) is 83.0 Å². The zero-order valence-electron chi connectivity index (χ0n) is 16.4. The third kappa shape index (κ3) is 5.35. The minimum atomic E-state index is -4.65. The molecule has 2 aliphatic rings. The van der Waals surface area contributed by atoms with Gasteiger partial charge in [-0.25, -0.2) is 4.98 Å². The molecule has 166 valence electrons. The fraction of sp³-hybridized carbons (Fsp3) is 0.450. The van der Waals surface area contributed by atoms with Crippen molar-refractivity contribution < 1.29 is 36.9 Å². The summed E-state index contributed by atoms with van der Waals surface area (Å²) in [6.07, 6.45) is -3.27. The van der Waals surface area contributed by atoms with Crippen molar-refractivity contribution in [1.82, 2.24) is 14.9 Å². The Kier molecular flexibility index (Phi) is 6.12. The molecule has 1 amide bonds. The molecule has 1 aromatic heterocycles. The van der Waals surface area contributed by atoms with Gasteiger partial charge in [-0.1, -0.05) is 6.07 Å². The molecule has 0 spiro atoms. The van der Waals surface area contributed by atoms with Gasteiger partial charge in [0.1, 0.15) is 12.7 Å². The lowest BCUT2D eigenvalue weighted by molar-refractivity contribution is -0.145. The SMILES string of the molecule is O=C(CCc1ccc2c(c1)OCO2)N1CCOC(COc2ccnc(C(F)(F)F)n2)C1. The third-order valence-corrected chi connectivity index (χ3v) is 4.86. The lowest BCUT2D eigenvalue weighted by Gasteiger charge is -2.32. The predicted octanol–water partition coefficient (Wildman–Crippen LogP) is 2.46. The zero-order valence-corrected chi connectivity index (χ0v) is 16.4. The Labute approximate surface area is 175 Å². The van der Waals surface area contributed by atoms with E-state index in [2.05, 4.69) is 9.97 Å². The van der Waals surface area contributed by atoms with Gasteiger partial charge in [0.15, 0.2) is 11.5 Å². The maximum atomic E-state index is 12.7. The Hall–Kier alpha value is -3.08. The number of nitrogens with zero attached hydrogens (tertiary/aromatic N) is 3. The number of morpholine rings is 1. The number of hydrogen-bond acceptors (Lipinski definition) is 7. The van der Waals surface area contributed by atoms with E-state index < -0.39 is 18.1 Å². The number of benzene rings is 1. The standard InChI is InChI=1S/C20H20F3N3O5/c21-20(22,23)19-24-6-5-17(25-19)29-11-14-10-26(7-8-28-14)18(27)4-2-13-1-3-15-16(9-13)31-12-30-15/h1,3,5-6,9,14H,2,4,7-8,10-12H2. The van der Waals surface area contributed by atoms with Gasteiger partial charge in [-0.15, -0.1) is 0 Å². The quantitative estimate of drug-likeness (QED) is 0.684. The molecule has 1 fully saturated rings. The molecule has 0 radical (unpaired) electrons. The van der Waals surface area contributed by atoms with Crippen molar-refractivity contribution in [2.24, 2.45) is 0 Å². The predicted molar refractivity (Wildman–Crippen MR) is 99.7 cm³/mol. The first kappa shape index (κ1) is 21.2. The van der Waals surface area contributed by atoms with Crippen molar-refractivity contribution in [1.29, 1.82) is 0 Å². The molecular weight excluding hydrogens is 419 g/mol. The second-order valence-corrected chi connectivity index (χ2v) is 7.05. The Balaban J connectivity index is 1.27. The summed E-state index contributed by atoms with van der Waals surface area (Å²) in [6.45, 7) is 1.22. The average molecular weight is 439 g/mol. The molecule has 4 rings (SSSR count). The van der Waals surface area contributed by atoms with Gasteiger partial charge in [0.05, 0.1) is 13.2 Å². The van der Waals surface area contributed by atoms with Gasteiger partial charge in [0.25, 0.3) is 0 Å². The first-order chi connectivity index (χ1) is 14.9. The van der Waals surface area contributed by atoms with E-state index in [9.17, 15) is 18.0 Å². The minimum Gasteiger partial charge on any atom is -0.475 e. The van der Waals surface area contributed by atoms with Crippen LogP contribution in [0.5, 0.6) is 17.4 Å². The zero-order chi connectivity index (χ0) is 21.8. The molecule has 11 heteroatoms. The number of carbonyl (C=O) groups excluding carboxylic acids is 1. The second kappa shape index (κ2) is 8.96. The number of fused-ring (bicyclic) bond motifs is 1. The number of amides is 1. The first-order valence-electron chi connectivity index (χ1n) is 9.69. The van der Waals surface area contributed by atoms with Crippen molar-refractivity contribution in [2.75, 3.05) is 33.1 Å². The molecule has 8 nitrogen and oxygen atoms in total. The number of aromatic nitrogens is 2. The molecule has 0 aliphatic carbocycles. The molecule has 2 aliphatic heterocycles. The summed E-state index contributed by atoms with van der Waals surface area (Å²) >= 11 is 0. The highest BCUT2D eigenvalue weighted by Crippen LogP contribution is 2.33. The monoisotopic (exact) mass is 439 g/mol. The molecule has 31 heavy (non-hydrogen) atoms. The van der Waals surface area contributed by atoms with Crippen molar-refractivity contribution in [3.63, 3.8) is 0 Å². The summed E-state index contributed by atoms with van der Waals surface area (Å²) in [6, 6.07) is 6.82. The summed E-state index contributed by atoms with van der Waals surface area (Å²) in [5.41, 5.74) is 0.968. The van der Waals surface area contributed by atoms with Gasteiger partial charge in [-0.05, 0) is 24.1 Å². The fourth-order valence-corrected chi connectivity index (χ4v) is 3.29. The molecule has 0 bridgehead atoms. The summed E-state index contributed by atoms with van der Waals surface area (Å²) in [5.74, 6) is -0.136. The lowest BCUT2D eigenvalue weighted by atomic mass is 10.1.